The molecule has 0 N–H and O–H groups in total. The number of allylic oxidation sites excluding steroid dienone is 12. The summed E-state index contributed by atoms with van der Waals surface area (Å²) in [6.07, 6.45) is 78.9. The van der Waals surface area contributed by atoms with Crippen molar-refractivity contribution < 1.29 is 9.53 Å². The van der Waals surface area contributed by atoms with Gasteiger partial charge in [-0.1, -0.05) is 216 Å². The van der Waals surface area contributed by atoms with E-state index in [2.05, 4.69) is 113 Å². The lowest BCUT2D eigenvalue weighted by Gasteiger charge is -2.28. The van der Waals surface area contributed by atoms with Crippen LogP contribution in [0.3, 0.4) is 0 Å². The van der Waals surface area contributed by atoms with Crippen molar-refractivity contribution in [2.45, 2.75) is 290 Å². The molecule has 3 nitrogen and oxygen atoms in total. The molecule has 0 aliphatic carbocycles. The molecular formula is C62H113NO2. The Kier molecular flexibility index (Phi) is 52.7. The van der Waals surface area contributed by atoms with Gasteiger partial charge in [0.2, 0.25) is 0 Å². The maximum atomic E-state index is 13.4. The molecule has 65 heavy (non-hydrogen) atoms. The molecule has 0 spiro atoms. The molecule has 0 saturated heterocycles. The highest BCUT2D eigenvalue weighted by molar-refractivity contribution is 5.69. The van der Waals surface area contributed by atoms with Gasteiger partial charge in [-0.05, 0) is 161 Å². The second-order valence-corrected chi connectivity index (χ2v) is 19.8. The second-order valence-electron chi connectivity index (χ2n) is 19.8. The third kappa shape index (κ3) is 51.1. The number of hydrogen-bond donors (Lipinski definition) is 0. The first-order valence-electron chi connectivity index (χ1n) is 28.8. The van der Waals surface area contributed by atoms with Gasteiger partial charge >= 0.3 is 5.97 Å². The number of ether oxygens (including phenoxy) is 1. The predicted octanol–water partition coefficient (Wildman–Crippen LogP) is 20.5. The van der Waals surface area contributed by atoms with Crippen molar-refractivity contribution in [1.82, 2.24) is 4.90 Å². The summed E-state index contributed by atoms with van der Waals surface area (Å²) < 4.78 is 6.53. The average molecular weight is 905 g/mol. The van der Waals surface area contributed by atoms with Gasteiger partial charge in [0.25, 0.3) is 0 Å². The van der Waals surface area contributed by atoms with Gasteiger partial charge in [0.05, 0.1) is 0 Å². The Hall–Kier alpha value is -2.13. The van der Waals surface area contributed by atoms with Crippen LogP contribution in [0, 0.1) is 5.92 Å². The SMILES string of the molecule is CCCCC/C=C\C/C=C\CCCCCCCCC(CCCCCCC/C=C\C/C=C\CCCCC)C(CCCCCCC/C=C\C/C=C\CCCCC)OC(=O)CCCCCN(C)C. The molecule has 3 heteroatoms. The third-order valence-corrected chi connectivity index (χ3v) is 13.0. The summed E-state index contributed by atoms with van der Waals surface area (Å²) >= 11 is 0. The van der Waals surface area contributed by atoms with Gasteiger partial charge in [0.1, 0.15) is 6.10 Å². The zero-order chi connectivity index (χ0) is 47.2. The molecule has 0 radical (unpaired) electrons. The van der Waals surface area contributed by atoms with E-state index in [1.54, 1.807) is 0 Å². The number of hydrogen-bond acceptors (Lipinski definition) is 3. The Balaban J connectivity index is 5.09. The van der Waals surface area contributed by atoms with Crippen LogP contribution in [0.2, 0.25) is 0 Å². The van der Waals surface area contributed by atoms with Crippen molar-refractivity contribution in [2.24, 2.45) is 5.92 Å². The van der Waals surface area contributed by atoms with Crippen molar-refractivity contribution in [2.75, 3.05) is 20.6 Å². The maximum absolute atomic E-state index is 13.4. The van der Waals surface area contributed by atoms with Crippen LogP contribution in [0.15, 0.2) is 72.9 Å². The van der Waals surface area contributed by atoms with Crippen LogP contribution >= 0.6 is 0 Å². The van der Waals surface area contributed by atoms with Gasteiger partial charge in [0, 0.05) is 6.42 Å². The van der Waals surface area contributed by atoms with Crippen LogP contribution in [0.1, 0.15) is 284 Å². The number of rotatable bonds is 51. The molecule has 0 aromatic rings. The van der Waals surface area contributed by atoms with Crippen molar-refractivity contribution in [3.8, 4) is 0 Å². The Morgan fingerprint density at radius 2 is 0.677 bits per heavy atom. The molecule has 0 saturated carbocycles. The molecule has 0 aliphatic rings. The lowest BCUT2D eigenvalue weighted by Crippen LogP contribution is -2.27. The first kappa shape index (κ1) is 62.9. The minimum Gasteiger partial charge on any atom is -0.462 e. The fourth-order valence-electron chi connectivity index (χ4n) is 8.78. The number of carbonyl (C=O) groups excluding carboxylic acids is 1. The monoisotopic (exact) mass is 904 g/mol. The molecule has 0 bridgehead atoms. The topological polar surface area (TPSA) is 29.5 Å². The van der Waals surface area contributed by atoms with Gasteiger partial charge in [-0.3, -0.25) is 4.79 Å². The van der Waals surface area contributed by atoms with E-state index < -0.39 is 0 Å². The van der Waals surface area contributed by atoms with Crippen LogP contribution in [0.25, 0.3) is 0 Å². The molecule has 0 rings (SSSR count). The van der Waals surface area contributed by atoms with Crippen molar-refractivity contribution in [1.29, 1.82) is 0 Å². The molecule has 378 valence electrons. The van der Waals surface area contributed by atoms with Crippen LogP contribution in [0.4, 0.5) is 0 Å². The summed E-state index contributed by atoms with van der Waals surface area (Å²) in [6.45, 7) is 7.91. The fraction of sp³-hybridized carbons (Fsp3) is 0.790. The highest BCUT2D eigenvalue weighted by Gasteiger charge is 2.24. The number of carbonyl (C=O) groups is 1. The minimum absolute atomic E-state index is 0.0597. The molecule has 2 atom stereocenters. The number of esters is 1. The molecule has 0 aromatic carbocycles. The van der Waals surface area contributed by atoms with E-state index in [1.807, 2.05) is 0 Å². The Labute approximate surface area is 408 Å². The summed E-state index contributed by atoms with van der Waals surface area (Å²) in [6, 6.07) is 0. The maximum Gasteiger partial charge on any atom is 0.306 e. The normalized spacial score (nSPS) is 13.4. The quantitative estimate of drug-likeness (QED) is 0.0346. The summed E-state index contributed by atoms with van der Waals surface area (Å²) in [7, 11) is 4.27. The fourth-order valence-corrected chi connectivity index (χ4v) is 8.78. The van der Waals surface area contributed by atoms with Crippen LogP contribution < -0.4 is 0 Å². The third-order valence-electron chi connectivity index (χ3n) is 13.0. The lowest BCUT2D eigenvalue weighted by molar-refractivity contribution is -0.153. The van der Waals surface area contributed by atoms with Gasteiger partial charge in [-0.25, -0.2) is 0 Å². The molecule has 0 fully saturated rings. The van der Waals surface area contributed by atoms with Gasteiger partial charge < -0.3 is 9.64 Å². The van der Waals surface area contributed by atoms with Crippen LogP contribution in [-0.2, 0) is 9.53 Å². The summed E-state index contributed by atoms with van der Waals surface area (Å²) in [5.41, 5.74) is 0. The summed E-state index contributed by atoms with van der Waals surface area (Å²) in [4.78, 5) is 15.6. The summed E-state index contributed by atoms with van der Waals surface area (Å²) in [5.74, 6) is 0.562. The van der Waals surface area contributed by atoms with Gasteiger partial charge in [0.15, 0.2) is 0 Å². The van der Waals surface area contributed by atoms with Crippen molar-refractivity contribution in [3.05, 3.63) is 72.9 Å². The van der Waals surface area contributed by atoms with E-state index in [0.717, 1.165) is 51.5 Å². The minimum atomic E-state index is 0.0597. The van der Waals surface area contributed by atoms with E-state index in [4.69, 9.17) is 4.74 Å². The Bertz CT molecular complexity index is 1130. The van der Waals surface area contributed by atoms with Crippen LogP contribution in [0.5, 0.6) is 0 Å². The smallest absolute Gasteiger partial charge is 0.306 e. The first-order valence-corrected chi connectivity index (χ1v) is 28.8. The van der Waals surface area contributed by atoms with Crippen molar-refractivity contribution in [3.63, 3.8) is 0 Å². The number of unbranched alkanes of at least 4 members (excludes halogenated alkanes) is 27. The molecule has 0 heterocycles. The van der Waals surface area contributed by atoms with E-state index in [1.165, 1.54) is 212 Å². The van der Waals surface area contributed by atoms with Crippen LogP contribution in [-0.4, -0.2) is 37.6 Å². The highest BCUT2D eigenvalue weighted by Crippen LogP contribution is 2.28. The Morgan fingerprint density at radius 1 is 0.369 bits per heavy atom. The summed E-state index contributed by atoms with van der Waals surface area (Å²) in [5, 5.41) is 0. The lowest BCUT2D eigenvalue weighted by atomic mass is 9.87. The van der Waals surface area contributed by atoms with E-state index in [-0.39, 0.29) is 12.1 Å². The molecule has 2 unspecified atom stereocenters. The van der Waals surface area contributed by atoms with E-state index in [9.17, 15) is 4.79 Å². The zero-order valence-corrected chi connectivity index (χ0v) is 44.5. The zero-order valence-electron chi connectivity index (χ0n) is 44.5. The van der Waals surface area contributed by atoms with E-state index >= 15 is 0 Å². The van der Waals surface area contributed by atoms with Crippen molar-refractivity contribution >= 4 is 5.97 Å². The predicted molar refractivity (Wildman–Crippen MR) is 293 cm³/mol. The molecule has 0 aromatic heterocycles. The number of nitrogens with zero attached hydrogens (tertiary/aromatic N) is 1. The average Bonchev–Trinajstić information content (AvgIpc) is 3.30. The first-order chi connectivity index (χ1) is 32.0. The second kappa shape index (κ2) is 54.5. The molecule has 0 aliphatic heterocycles. The van der Waals surface area contributed by atoms with E-state index in [0.29, 0.717) is 12.3 Å². The Morgan fingerprint density at radius 3 is 1.03 bits per heavy atom. The van der Waals surface area contributed by atoms with Gasteiger partial charge in [-0.2, -0.15) is 0 Å². The molecular weight excluding hydrogens is 791 g/mol. The highest BCUT2D eigenvalue weighted by atomic mass is 16.5. The molecule has 0 amide bonds. The largest absolute Gasteiger partial charge is 0.462 e. The van der Waals surface area contributed by atoms with Gasteiger partial charge in [-0.15, -0.1) is 0 Å². The standard InChI is InChI=1S/C62H113NO2/c1-6-9-12-15-18-21-24-27-30-33-35-38-41-44-47-51-56-60(55-50-46-43-40-37-34-31-28-25-22-19-16-13-10-7-2)61(65-62(64)58-53-49-54-59-63(4)5)57-52-48-45-42-39-36-32-29-26-23-20-17-14-11-8-3/h18-23,27-32,60-61H,6-17,24-26,33-59H2,1-5H3/b21-18-,22-19-,23-20-,30-27-,31-28-,32-29-.